The van der Waals surface area contributed by atoms with Gasteiger partial charge in [0.15, 0.2) is 0 Å². The summed E-state index contributed by atoms with van der Waals surface area (Å²) in [6, 6.07) is 0. The van der Waals surface area contributed by atoms with Crippen molar-refractivity contribution in [2.45, 2.75) is 39.9 Å². The third-order valence-corrected chi connectivity index (χ3v) is 9.24. The van der Waals surface area contributed by atoms with E-state index in [2.05, 4.69) is 63.7 Å². The predicted molar refractivity (Wildman–Crippen MR) is 135 cm³/mol. The van der Waals surface area contributed by atoms with Gasteiger partial charge in [-0.25, -0.2) is 0 Å². The number of halogens is 4. The number of hydrogen-bond donors (Lipinski definition) is 2. The van der Waals surface area contributed by atoms with Crippen LogP contribution in [-0.2, 0) is 14.2 Å². The molecule has 2 fully saturated rings. The zero-order chi connectivity index (χ0) is 23.0. The van der Waals surface area contributed by atoms with Crippen LogP contribution in [0.1, 0.15) is 22.3 Å². The van der Waals surface area contributed by atoms with E-state index in [9.17, 15) is 10.2 Å². The second kappa shape index (κ2) is 10.4. The van der Waals surface area contributed by atoms with Crippen molar-refractivity contribution in [1.82, 2.24) is 0 Å². The van der Waals surface area contributed by atoms with Crippen LogP contribution in [-0.4, -0.2) is 48.8 Å². The molecule has 2 atom stereocenters. The fraction of sp³-hybridized carbons (Fsp3) is 0.455. The van der Waals surface area contributed by atoms with Crippen molar-refractivity contribution in [2.75, 3.05) is 26.4 Å². The van der Waals surface area contributed by atoms with Crippen molar-refractivity contribution in [2.24, 2.45) is 0 Å². The van der Waals surface area contributed by atoms with Gasteiger partial charge in [-0.15, -0.1) is 0 Å². The fourth-order valence-corrected chi connectivity index (χ4v) is 5.89. The van der Waals surface area contributed by atoms with Crippen LogP contribution < -0.4 is 0 Å². The van der Waals surface area contributed by atoms with Crippen molar-refractivity contribution in [3.8, 4) is 22.6 Å². The standard InChI is InChI=1S/C16H14Br4O2.C6H10O3/c1-5-11(17)9(12(18)6(2)15(5)21)10-13(19)7(3)16(22)8(4)14(10)20;1(5-3-8-5)7-2-6-4-9-6/h21-22H,1-4H3;5-6H,1-4H2. The maximum Gasteiger partial charge on any atom is 0.123 e. The number of ether oxygens (including phenoxy) is 3. The molecule has 2 saturated heterocycles. The van der Waals surface area contributed by atoms with Crippen molar-refractivity contribution < 1.29 is 24.4 Å². The molecular weight excluding hydrogens is 664 g/mol. The highest BCUT2D eigenvalue weighted by molar-refractivity contribution is 9.11. The second-order valence-corrected chi connectivity index (χ2v) is 10.8. The third-order valence-electron chi connectivity index (χ3n) is 5.28. The van der Waals surface area contributed by atoms with Crippen molar-refractivity contribution >= 4 is 63.7 Å². The van der Waals surface area contributed by atoms with E-state index in [0.717, 1.165) is 77.7 Å². The highest BCUT2D eigenvalue weighted by atomic mass is 79.9. The Morgan fingerprint density at radius 2 is 0.935 bits per heavy atom. The quantitative estimate of drug-likeness (QED) is 0.337. The second-order valence-electron chi connectivity index (χ2n) is 7.65. The van der Waals surface area contributed by atoms with Crippen LogP contribution in [0.25, 0.3) is 11.1 Å². The number of benzene rings is 2. The van der Waals surface area contributed by atoms with Crippen LogP contribution in [0.3, 0.4) is 0 Å². The van der Waals surface area contributed by atoms with Crippen LogP contribution in [0.5, 0.6) is 11.5 Å². The first-order valence-electron chi connectivity index (χ1n) is 9.71. The van der Waals surface area contributed by atoms with Crippen LogP contribution >= 0.6 is 63.7 Å². The summed E-state index contributed by atoms with van der Waals surface area (Å²) in [7, 11) is 0. The molecule has 2 unspecified atom stereocenters. The minimum atomic E-state index is 0.266. The molecule has 0 aliphatic carbocycles. The largest absolute Gasteiger partial charge is 0.507 e. The number of rotatable bonds is 5. The first kappa shape index (κ1) is 25.5. The first-order valence-corrected chi connectivity index (χ1v) is 12.9. The molecule has 0 radical (unpaired) electrons. The van der Waals surface area contributed by atoms with Gasteiger partial charge in [-0.2, -0.15) is 0 Å². The van der Waals surface area contributed by atoms with Gasteiger partial charge in [0, 0.05) is 51.3 Å². The van der Waals surface area contributed by atoms with E-state index in [1.165, 1.54) is 0 Å². The topological polar surface area (TPSA) is 74.8 Å². The molecule has 2 aliphatic heterocycles. The van der Waals surface area contributed by atoms with E-state index in [1.54, 1.807) is 0 Å². The average Bonchev–Trinajstić information content (AvgIpc) is 3.67. The SMILES string of the molecule is C(OCC1CO1)C1CO1.Cc1c(O)c(C)c(Br)c(-c2c(Br)c(C)c(O)c(C)c2Br)c1Br. The van der Waals surface area contributed by atoms with Gasteiger partial charge < -0.3 is 24.4 Å². The van der Waals surface area contributed by atoms with Gasteiger partial charge in [0.2, 0.25) is 0 Å². The molecule has 0 spiro atoms. The smallest absolute Gasteiger partial charge is 0.123 e. The van der Waals surface area contributed by atoms with Gasteiger partial charge in [-0.1, -0.05) is 0 Å². The van der Waals surface area contributed by atoms with Gasteiger partial charge in [0.05, 0.1) is 26.4 Å². The van der Waals surface area contributed by atoms with Crippen LogP contribution in [0.2, 0.25) is 0 Å². The molecule has 2 aromatic carbocycles. The van der Waals surface area contributed by atoms with Crippen LogP contribution in [0.15, 0.2) is 17.9 Å². The Morgan fingerprint density at radius 1 is 0.677 bits per heavy atom. The Morgan fingerprint density at radius 3 is 1.16 bits per heavy atom. The minimum absolute atomic E-state index is 0.266. The molecule has 170 valence electrons. The van der Waals surface area contributed by atoms with Crippen molar-refractivity contribution in [3.63, 3.8) is 0 Å². The van der Waals surface area contributed by atoms with Gasteiger partial charge in [-0.05, 0) is 91.4 Å². The van der Waals surface area contributed by atoms with Gasteiger partial charge in [0.25, 0.3) is 0 Å². The maximum absolute atomic E-state index is 10.2. The summed E-state index contributed by atoms with van der Waals surface area (Å²) in [5.41, 5.74) is 4.96. The highest BCUT2D eigenvalue weighted by Gasteiger charge is 2.27. The molecular formula is C22H24Br4O5. The van der Waals surface area contributed by atoms with Crippen molar-refractivity contribution in [1.29, 1.82) is 0 Å². The Bertz CT molecular complexity index is 863. The lowest BCUT2D eigenvalue weighted by Crippen LogP contribution is -2.06. The Hall–Kier alpha value is -0.160. The summed E-state index contributed by atoms with van der Waals surface area (Å²) >= 11 is 14.4. The van der Waals surface area contributed by atoms with E-state index in [0.29, 0.717) is 12.2 Å². The fourth-order valence-electron chi connectivity index (χ4n) is 3.02. The highest BCUT2D eigenvalue weighted by Crippen LogP contribution is 2.51. The van der Waals surface area contributed by atoms with E-state index < -0.39 is 0 Å². The van der Waals surface area contributed by atoms with Gasteiger partial charge in [-0.3, -0.25) is 0 Å². The average molecular weight is 688 g/mol. The van der Waals surface area contributed by atoms with Crippen LogP contribution in [0.4, 0.5) is 0 Å². The van der Waals surface area contributed by atoms with E-state index in [1.807, 2.05) is 27.7 Å². The normalized spacial score (nSPS) is 19.1. The minimum Gasteiger partial charge on any atom is -0.507 e. The molecule has 2 aromatic rings. The Balaban J connectivity index is 0.000000248. The molecule has 9 heteroatoms. The lowest BCUT2D eigenvalue weighted by Gasteiger charge is -2.20. The summed E-state index contributed by atoms with van der Waals surface area (Å²) < 4.78 is 18.4. The first-order chi connectivity index (χ1) is 14.6. The summed E-state index contributed by atoms with van der Waals surface area (Å²) in [6.07, 6.45) is 0.785. The zero-order valence-corrected chi connectivity index (χ0v) is 24.0. The summed E-state index contributed by atoms with van der Waals surface area (Å²) in [6.45, 7) is 10.7. The molecule has 0 saturated carbocycles. The van der Waals surface area contributed by atoms with Gasteiger partial charge >= 0.3 is 0 Å². The number of phenols is 2. The molecule has 2 aliphatic rings. The summed E-state index contributed by atoms with van der Waals surface area (Å²) in [5.74, 6) is 0.531. The predicted octanol–water partition coefficient (Wildman–Crippen LogP) is 6.85. The molecule has 31 heavy (non-hydrogen) atoms. The lowest BCUT2D eigenvalue weighted by atomic mass is 9.96. The van der Waals surface area contributed by atoms with Gasteiger partial charge in [0.1, 0.15) is 23.7 Å². The molecule has 0 bridgehead atoms. The number of hydrogen-bond acceptors (Lipinski definition) is 5. The molecule has 2 N–H and O–H groups in total. The molecule has 4 rings (SSSR count). The third kappa shape index (κ3) is 5.67. The summed E-state index contributed by atoms with van der Waals surface area (Å²) in [5, 5.41) is 20.4. The number of epoxide rings is 2. The Kier molecular flexibility index (Phi) is 8.55. The lowest BCUT2D eigenvalue weighted by molar-refractivity contribution is 0.102. The zero-order valence-electron chi connectivity index (χ0n) is 17.6. The monoisotopic (exact) mass is 684 g/mol. The van der Waals surface area contributed by atoms with Crippen molar-refractivity contribution in [3.05, 3.63) is 40.1 Å². The van der Waals surface area contributed by atoms with Crippen LogP contribution in [0, 0.1) is 27.7 Å². The molecule has 0 amide bonds. The van der Waals surface area contributed by atoms with E-state index in [4.69, 9.17) is 14.2 Å². The molecule has 5 nitrogen and oxygen atoms in total. The Labute approximate surface area is 216 Å². The number of phenolic OH excluding ortho intramolecular Hbond substituents is 2. The number of aromatic hydroxyl groups is 2. The van der Waals surface area contributed by atoms with E-state index in [-0.39, 0.29) is 11.5 Å². The summed E-state index contributed by atoms with van der Waals surface area (Å²) in [4.78, 5) is 0. The maximum atomic E-state index is 10.2. The molecule has 0 aromatic heterocycles. The van der Waals surface area contributed by atoms with E-state index >= 15 is 0 Å². The molecule has 2 heterocycles.